The minimum atomic E-state index is -1.43. The number of hydrogen-bond donors (Lipinski definition) is 3. The van der Waals surface area contributed by atoms with E-state index in [4.69, 9.17) is 5.73 Å². The molecule has 0 aliphatic carbocycles. The monoisotopic (exact) mass is 391 g/mol. The second-order valence-corrected chi connectivity index (χ2v) is 7.47. The summed E-state index contributed by atoms with van der Waals surface area (Å²) in [6, 6.07) is 8.72. The molecule has 148 valence electrons. The van der Waals surface area contributed by atoms with E-state index < -0.39 is 11.2 Å². The lowest BCUT2D eigenvalue weighted by molar-refractivity contribution is 0.0749. The number of nitrogens with two attached hydrogens (primary N) is 1. The van der Waals surface area contributed by atoms with Crippen molar-refractivity contribution in [3.63, 3.8) is 0 Å². The Morgan fingerprint density at radius 1 is 0.966 bits per heavy atom. The maximum absolute atomic E-state index is 11.1. The smallest absolute Gasteiger partial charge is 0.221 e. The first-order valence-corrected chi connectivity index (χ1v) is 9.03. The second-order valence-electron chi connectivity index (χ2n) is 7.47. The summed E-state index contributed by atoms with van der Waals surface area (Å²) in [5, 5.41) is 27.0. The number of rotatable bonds is 4. The fraction of sp³-hybridized carbons (Fsp3) is 0.250. The van der Waals surface area contributed by atoms with E-state index in [0.29, 0.717) is 22.6 Å². The molecule has 4 rings (SSSR count). The molecule has 1 aromatic carbocycles. The Hall–Kier alpha value is -3.43. The van der Waals surface area contributed by atoms with Gasteiger partial charge < -0.3 is 15.9 Å². The molecule has 3 aromatic heterocycles. The standard InChI is InChI=1S/C20H21N7O2/c1-19(2,28)16-13-6-5-12(20(3,29)17-22-8-4-9-23-17)11-14(13)27(26-16)15-7-10-24-18(21)25-15/h4-11,28-29H,1-3H3,(H2,21,24,25). The number of hydrogen-bond acceptors (Lipinski definition) is 8. The normalized spacial score (nSPS) is 14.1. The van der Waals surface area contributed by atoms with Crippen molar-refractivity contribution in [2.45, 2.75) is 32.0 Å². The van der Waals surface area contributed by atoms with Crippen LogP contribution >= 0.6 is 0 Å². The van der Waals surface area contributed by atoms with Gasteiger partial charge in [0, 0.05) is 30.0 Å². The van der Waals surface area contributed by atoms with Crippen molar-refractivity contribution in [1.82, 2.24) is 29.7 Å². The Balaban J connectivity index is 1.97. The van der Waals surface area contributed by atoms with Gasteiger partial charge in [0.2, 0.25) is 5.95 Å². The van der Waals surface area contributed by atoms with Crippen LogP contribution in [-0.4, -0.2) is 39.9 Å². The van der Waals surface area contributed by atoms with Crippen LogP contribution in [0.4, 0.5) is 5.95 Å². The van der Waals surface area contributed by atoms with Crippen LogP contribution in [0.5, 0.6) is 0 Å². The molecule has 0 aliphatic rings. The zero-order chi connectivity index (χ0) is 20.8. The van der Waals surface area contributed by atoms with Crippen molar-refractivity contribution in [2.24, 2.45) is 0 Å². The number of aromatic nitrogens is 6. The average molecular weight is 391 g/mol. The number of anilines is 1. The van der Waals surface area contributed by atoms with Crippen molar-refractivity contribution >= 4 is 16.9 Å². The van der Waals surface area contributed by atoms with Crippen molar-refractivity contribution in [3.8, 4) is 5.82 Å². The van der Waals surface area contributed by atoms with Gasteiger partial charge in [0.25, 0.3) is 0 Å². The summed E-state index contributed by atoms with van der Waals surface area (Å²) in [6.45, 7) is 4.95. The lowest BCUT2D eigenvalue weighted by Gasteiger charge is -2.22. The highest BCUT2D eigenvalue weighted by Gasteiger charge is 2.31. The van der Waals surface area contributed by atoms with E-state index in [1.165, 1.54) is 6.20 Å². The molecular weight excluding hydrogens is 370 g/mol. The van der Waals surface area contributed by atoms with Gasteiger partial charge in [-0.1, -0.05) is 12.1 Å². The molecule has 1 unspecified atom stereocenters. The quantitative estimate of drug-likeness (QED) is 0.478. The average Bonchev–Trinajstić information content (AvgIpc) is 3.08. The fourth-order valence-electron chi connectivity index (χ4n) is 3.21. The fourth-order valence-corrected chi connectivity index (χ4v) is 3.21. The molecular formula is C20H21N7O2. The molecule has 4 aromatic rings. The van der Waals surface area contributed by atoms with Crippen molar-refractivity contribution in [3.05, 3.63) is 66.0 Å². The lowest BCUT2D eigenvalue weighted by Crippen LogP contribution is -2.25. The number of nitrogens with zero attached hydrogens (tertiary/aromatic N) is 6. The number of aliphatic hydroxyl groups is 2. The third-order valence-electron chi connectivity index (χ3n) is 4.70. The number of fused-ring (bicyclic) bond motifs is 1. The Labute approximate surface area is 166 Å². The van der Waals surface area contributed by atoms with Gasteiger partial charge in [-0.25, -0.2) is 19.6 Å². The van der Waals surface area contributed by atoms with E-state index in [1.54, 1.807) is 62.1 Å². The van der Waals surface area contributed by atoms with Crippen LogP contribution in [0.3, 0.4) is 0 Å². The number of nitrogen functional groups attached to an aromatic ring is 1. The molecule has 0 bridgehead atoms. The van der Waals surface area contributed by atoms with E-state index >= 15 is 0 Å². The minimum absolute atomic E-state index is 0.108. The van der Waals surface area contributed by atoms with Crippen LogP contribution in [0.15, 0.2) is 48.9 Å². The predicted octanol–water partition coefficient (Wildman–Crippen LogP) is 1.67. The molecule has 0 radical (unpaired) electrons. The Morgan fingerprint density at radius 2 is 1.69 bits per heavy atom. The first kappa shape index (κ1) is 18.9. The van der Waals surface area contributed by atoms with Gasteiger partial charge in [0.15, 0.2) is 11.6 Å². The zero-order valence-corrected chi connectivity index (χ0v) is 16.3. The number of benzene rings is 1. The Morgan fingerprint density at radius 3 is 2.34 bits per heavy atom. The molecule has 0 spiro atoms. The third-order valence-corrected chi connectivity index (χ3v) is 4.70. The zero-order valence-electron chi connectivity index (χ0n) is 16.3. The maximum Gasteiger partial charge on any atom is 0.221 e. The van der Waals surface area contributed by atoms with E-state index in [9.17, 15) is 10.2 Å². The highest BCUT2D eigenvalue weighted by Crippen LogP contribution is 2.34. The first-order chi connectivity index (χ1) is 13.7. The third kappa shape index (κ3) is 3.30. The summed E-state index contributed by atoms with van der Waals surface area (Å²) in [7, 11) is 0. The summed E-state index contributed by atoms with van der Waals surface area (Å²) in [4.78, 5) is 16.5. The largest absolute Gasteiger partial charge is 0.384 e. The van der Waals surface area contributed by atoms with Gasteiger partial charge in [-0.3, -0.25) is 0 Å². The van der Waals surface area contributed by atoms with Crippen LogP contribution in [0.25, 0.3) is 16.7 Å². The highest BCUT2D eigenvalue weighted by atomic mass is 16.3. The van der Waals surface area contributed by atoms with Gasteiger partial charge in [-0.15, -0.1) is 0 Å². The second kappa shape index (κ2) is 6.57. The van der Waals surface area contributed by atoms with Crippen LogP contribution in [0, 0.1) is 0 Å². The van der Waals surface area contributed by atoms with Crippen LogP contribution in [-0.2, 0) is 11.2 Å². The van der Waals surface area contributed by atoms with Gasteiger partial charge >= 0.3 is 0 Å². The Bertz CT molecular complexity index is 1180. The topological polar surface area (TPSA) is 136 Å². The summed E-state index contributed by atoms with van der Waals surface area (Å²) < 4.78 is 1.58. The molecule has 0 saturated carbocycles. The molecule has 4 N–H and O–H groups in total. The molecule has 0 aliphatic heterocycles. The van der Waals surface area contributed by atoms with Gasteiger partial charge in [0.05, 0.1) is 5.52 Å². The highest BCUT2D eigenvalue weighted by molar-refractivity contribution is 5.85. The summed E-state index contributed by atoms with van der Waals surface area (Å²) >= 11 is 0. The molecule has 1 atom stereocenters. The lowest BCUT2D eigenvalue weighted by atomic mass is 9.92. The van der Waals surface area contributed by atoms with E-state index in [0.717, 1.165) is 5.39 Å². The summed E-state index contributed by atoms with van der Waals surface area (Å²) in [6.07, 6.45) is 4.69. The van der Waals surface area contributed by atoms with E-state index in [2.05, 4.69) is 25.0 Å². The SMILES string of the molecule is CC(C)(O)c1nn(-c2ccnc(N)n2)c2cc(C(C)(O)c3ncccn3)ccc12. The van der Waals surface area contributed by atoms with Crippen molar-refractivity contribution in [2.75, 3.05) is 5.73 Å². The minimum Gasteiger partial charge on any atom is -0.384 e. The van der Waals surface area contributed by atoms with Crippen molar-refractivity contribution in [1.29, 1.82) is 0 Å². The molecule has 9 heteroatoms. The van der Waals surface area contributed by atoms with Gasteiger partial charge in [-0.05, 0) is 38.5 Å². The summed E-state index contributed by atoms with van der Waals surface area (Å²) in [5.74, 6) is 0.835. The molecule has 0 amide bonds. The van der Waals surface area contributed by atoms with Gasteiger partial charge in [-0.2, -0.15) is 10.1 Å². The van der Waals surface area contributed by atoms with Crippen LogP contribution < -0.4 is 5.73 Å². The first-order valence-electron chi connectivity index (χ1n) is 9.03. The molecule has 9 nitrogen and oxygen atoms in total. The van der Waals surface area contributed by atoms with Crippen molar-refractivity contribution < 1.29 is 10.2 Å². The molecule has 29 heavy (non-hydrogen) atoms. The predicted molar refractivity (Wildman–Crippen MR) is 107 cm³/mol. The molecule has 0 fully saturated rings. The van der Waals surface area contributed by atoms with Gasteiger partial charge in [0.1, 0.15) is 16.9 Å². The maximum atomic E-state index is 11.1. The summed E-state index contributed by atoms with van der Waals surface area (Å²) in [5.41, 5.74) is 4.82. The van der Waals surface area contributed by atoms with E-state index in [-0.39, 0.29) is 11.8 Å². The van der Waals surface area contributed by atoms with Crippen LogP contribution in [0.2, 0.25) is 0 Å². The Kier molecular flexibility index (Phi) is 4.29. The van der Waals surface area contributed by atoms with E-state index in [1.807, 2.05) is 6.07 Å². The van der Waals surface area contributed by atoms with Crippen LogP contribution in [0.1, 0.15) is 37.9 Å². The molecule has 0 saturated heterocycles. The molecule has 3 heterocycles.